The predicted octanol–water partition coefficient (Wildman–Crippen LogP) is 3.23. The number of aromatic nitrogens is 2. The van der Waals surface area contributed by atoms with Gasteiger partial charge in [-0.25, -0.2) is 4.98 Å². The van der Waals surface area contributed by atoms with E-state index in [9.17, 15) is 4.79 Å². The largest absolute Gasteiger partial charge is 0.398 e. The summed E-state index contributed by atoms with van der Waals surface area (Å²) in [5.41, 5.74) is 11.2. The number of nitrogen functional groups attached to an aromatic ring is 1. The molecule has 1 aromatic heterocycles. The SMILES string of the molecule is CCNCCc1ccc(Nc2nc(-c3cccc(N)c3C)cn(C)c2=O)cc1. The minimum Gasteiger partial charge on any atom is -0.398 e. The van der Waals surface area contributed by atoms with Crippen LogP contribution in [0.25, 0.3) is 11.3 Å². The molecule has 3 aromatic rings. The number of nitrogens with two attached hydrogens (primary N) is 1. The summed E-state index contributed by atoms with van der Waals surface area (Å²) in [6, 6.07) is 13.8. The molecule has 3 rings (SSSR count). The molecule has 0 radical (unpaired) electrons. The van der Waals surface area contributed by atoms with Crippen molar-refractivity contribution >= 4 is 17.2 Å². The lowest BCUT2D eigenvalue weighted by Gasteiger charge is -2.12. The highest BCUT2D eigenvalue weighted by atomic mass is 16.1. The Balaban J connectivity index is 1.87. The molecule has 4 N–H and O–H groups in total. The Kier molecular flexibility index (Phi) is 6.11. The molecular weight excluding hydrogens is 350 g/mol. The summed E-state index contributed by atoms with van der Waals surface area (Å²) < 4.78 is 1.54. The molecule has 0 spiro atoms. The van der Waals surface area contributed by atoms with Crippen LogP contribution in [0.5, 0.6) is 0 Å². The van der Waals surface area contributed by atoms with Crippen molar-refractivity contribution in [2.24, 2.45) is 7.05 Å². The van der Waals surface area contributed by atoms with Gasteiger partial charge in [-0.05, 0) is 55.8 Å². The summed E-state index contributed by atoms with van der Waals surface area (Å²) in [7, 11) is 1.73. The lowest BCUT2D eigenvalue weighted by atomic mass is 10.0. The van der Waals surface area contributed by atoms with E-state index in [4.69, 9.17) is 5.73 Å². The third-order valence-electron chi connectivity index (χ3n) is 4.78. The molecule has 0 bridgehead atoms. The van der Waals surface area contributed by atoms with Crippen molar-refractivity contribution in [1.82, 2.24) is 14.9 Å². The molecule has 0 aliphatic rings. The summed E-state index contributed by atoms with van der Waals surface area (Å²) >= 11 is 0. The lowest BCUT2D eigenvalue weighted by Crippen LogP contribution is -2.21. The molecule has 0 unspecified atom stereocenters. The Hall–Kier alpha value is -3.12. The third-order valence-corrected chi connectivity index (χ3v) is 4.78. The number of hydrogen-bond donors (Lipinski definition) is 3. The topological polar surface area (TPSA) is 85.0 Å². The van der Waals surface area contributed by atoms with E-state index in [1.165, 1.54) is 10.1 Å². The minimum absolute atomic E-state index is 0.179. The maximum absolute atomic E-state index is 12.6. The summed E-state index contributed by atoms with van der Waals surface area (Å²) in [6.45, 7) is 5.97. The van der Waals surface area contributed by atoms with E-state index in [2.05, 4.69) is 34.7 Å². The first-order chi connectivity index (χ1) is 13.5. The number of rotatable bonds is 7. The van der Waals surface area contributed by atoms with Crippen LogP contribution >= 0.6 is 0 Å². The Labute approximate surface area is 165 Å². The van der Waals surface area contributed by atoms with E-state index in [-0.39, 0.29) is 5.56 Å². The quantitative estimate of drug-likeness (QED) is 0.435. The fraction of sp³-hybridized carbons (Fsp3) is 0.273. The lowest BCUT2D eigenvalue weighted by molar-refractivity contribution is 0.716. The first-order valence-corrected chi connectivity index (χ1v) is 9.49. The van der Waals surface area contributed by atoms with Crippen LogP contribution in [0.15, 0.2) is 53.5 Å². The number of nitrogens with one attached hydrogen (secondary N) is 2. The van der Waals surface area contributed by atoms with Crippen molar-refractivity contribution in [2.45, 2.75) is 20.3 Å². The molecule has 0 aliphatic heterocycles. The molecule has 0 saturated heterocycles. The number of benzene rings is 2. The molecule has 0 atom stereocenters. The van der Waals surface area contributed by atoms with E-state index in [1.807, 2.05) is 37.3 Å². The van der Waals surface area contributed by atoms with Gasteiger partial charge in [0.15, 0.2) is 5.82 Å². The van der Waals surface area contributed by atoms with Gasteiger partial charge in [0.2, 0.25) is 0 Å². The second kappa shape index (κ2) is 8.71. The first-order valence-electron chi connectivity index (χ1n) is 9.49. The van der Waals surface area contributed by atoms with Crippen LogP contribution in [-0.4, -0.2) is 22.6 Å². The zero-order valence-electron chi connectivity index (χ0n) is 16.6. The number of nitrogens with zero attached hydrogens (tertiary/aromatic N) is 2. The van der Waals surface area contributed by atoms with E-state index in [1.54, 1.807) is 13.2 Å². The van der Waals surface area contributed by atoms with Crippen LogP contribution in [0.2, 0.25) is 0 Å². The molecule has 0 amide bonds. The van der Waals surface area contributed by atoms with Crippen molar-refractivity contribution in [2.75, 3.05) is 24.1 Å². The Morgan fingerprint density at radius 2 is 1.89 bits per heavy atom. The van der Waals surface area contributed by atoms with Gasteiger partial charge in [0.1, 0.15) is 0 Å². The summed E-state index contributed by atoms with van der Waals surface area (Å²) in [5.74, 6) is 0.294. The standard InChI is InChI=1S/C22H27N5O/c1-4-24-13-12-16-8-10-17(11-9-16)25-21-22(28)27(3)14-20(26-21)18-6-5-7-19(23)15(18)2/h5-11,14,24H,4,12-13,23H2,1-3H3,(H,25,26). The summed E-state index contributed by atoms with van der Waals surface area (Å²) in [6.07, 6.45) is 2.71. The monoisotopic (exact) mass is 377 g/mol. The van der Waals surface area contributed by atoms with Crippen LogP contribution in [0, 0.1) is 6.92 Å². The van der Waals surface area contributed by atoms with Crippen LogP contribution in [-0.2, 0) is 13.5 Å². The molecule has 6 heteroatoms. The second-order valence-corrected chi connectivity index (χ2v) is 6.84. The Morgan fingerprint density at radius 3 is 2.61 bits per heavy atom. The smallest absolute Gasteiger partial charge is 0.293 e. The van der Waals surface area contributed by atoms with Gasteiger partial charge in [-0.1, -0.05) is 31.2 Å². The molecule has 28 heavy (non-hydrogen) atoms. The zero-order valence-corrected chi connectivity index (χ0v) is 16.6. The van der Waals surface area contributed by atoms with Gasteiger partial charge in [0.05, 0.1) is 5.69 Å². The maximum atomic E-state index is 12.6. The summed E-state index contributed by atoms with van der Waals surface area (Å²) in [4.78, 5) is 17.1. The summed E-state index contributed by atoms with van der Waals surface area (Å²) in [5, 5.41) is 6.48. The van der Waals surface area contributed by atoms with Crippen molar-refractivity contribution in [3.63, 3.8) is 0 Å². The Morgan fingerprint density at radius 1 is 1.14 bits per heavy atom. The molecular formula is C22H27N5O. The second-order valence-electron chi connectivity index (χ2n) is 6.84. The average molecular weight is 377 g/mol. The molecule has 6 nitrogen and oxygen atoms in total. The third kappa shape index (κ3) is 4.40. The van der Waals surface area contributed by atoms with E-state index in [0.29, 0.717) is 17.2 Å². The van der Waals surface area contributed by atoms with Crippen LogP contribution in [0.1, 0.15) is 18.1 Å². The predicted molar refractivity (Wildman–Crippen MR) is 116 cm³/mol. The fourth-order valence-corrected chi connectivity index (χ4v) is 3.05. The fourth-order valence-electron chi connectivity index (χ4n) is 3.05. The van der Waals surface area contributed by atoms with Gasteiger partial charge in [-0.2, -0.15) is 0 Å². The molecule has 2 aromatic carbocycles. The normalized spacial score (nSPS) is 10.8. The number of hydrogen-bond acceptors (Lipinski definition) is 5. The maximum Gasteiger partial charge on any atom is 0.293 e. The highest BCUT2D eigenvalue weighted by Crippen LogP contribution is 2.26. The molecule has 0 fully saturated rings. The zero-order chi connectivity index (χ0) is 20.1. The van der Waals surface area contributed by atoms with Crippen molar-refractivity contribution in [1.29, 1.82) is 0 Å². The number of aryl methyl sites for hydroxylation is 1. The molecule has 0 saturated carbocycles. The minimum atomic E-state index is -0.179. The first kappa shape index (κ1) is 19.6. The number of anilines is 3. The molecule has 146 valence electrons. The van der Waals surface area contributed by atoms with Crippen molar-refractivity contribution in [3.8, 4) is 11.3 Å². The van der Waals surface area contributed by atoms with Gasteiger partial charge >= 0.3 is 0 Å². The van der Waals surface area contributed by atoms with Crippen molar-refractivity contribution in [3.05, 3.63) is 70.1 Å². The molecule has 1 heterocycles. The highest BCUT2D eigenvalue weighted by Gasteiger charge is 2.11. The van der Waals surface area contributed by atoms with Gasteiger partial charge < -0.3 is 20.9 Å². The highest BCUT2D eigenvalue weighted by molar-refractivity contribution is 5.71. The van der Waals surface area contributed by atoms with E-state index >= 15 is 0 Å². The van der Waals surface area contributed by atoms with Crippen molar-refractivity contribution < 1.29 is 0 Å². The Bertz CT molecular complexity index is 1010. The van der Waals surface area contributed by atoms with Crippen LogP contribution < -0.4 is 21.9 Å². The van der Waals surface area contributed by atoms with Gasteiger partial charge in [-0.15, -0.1) is 0 Å². The van der Waals surface area contributed by atoms with Gasteiger partial charge in [-0.3, -0.25) is 4.79 Å². The van der Waals surface area contributed by atoms with E-state index < -0.39 is 0 Å². The van der Waals surface area contributed by atoms with Gasteiger partial charge in [0, 0.05) is 30.2 Å². The van der Waals surface area contributed by atoms with Crippen LogP contribution in [0.3, 0.4) is 0 Å². The molecule has 0 aliphatic carbocycles. The van der Waals surface area contributed by atoms with Crippen LogP contribution in [0.4, 0.5) is 17.2 Å². The number of likely N-dealkylation sites (N-methyl/N-ethyl adjacent to an activating group) is 1. The van der Waals surface area contributed by atoms with E-state index in [0.717, 1.165) is 36.3 Å². The van der Waals surface area contributed by atoms with Gasteiger partial charge in [0.25, 0.3) is 5.56 Å². The average Bonchev–Trinajstić information content (AvgIpc) is 2.69.